The molecule has 5 nitrogen and oxygen atoms in total. The average Bonchev–Trinajstić information content (AvgIpc) is 2.26. The predicted molar refractivity (Wildman–Crippen MR) is 61.0 cm³/mol. The Bertz CT molecular complexity index is 215. The van der Waals surface area contributed by atoms with Crippen molar-refractivity contribution in [3.63, 3.8) is 0 Å². The minimum absolute atomic E-state index is 0.00783. The average molecular weight is 230 g/mol. The first kappa shape index (κ1) is 13.4. The van der Waals surface area contributed by atoms with Crippen LogP contribution in [0.1, 0.15) is 20.3 Å². The molecule has 0 aromatic heterocycles. The number of amides is 1. The van der Waals surface area contributed by atoms with E-state index in [-0.39, 0.29) is 11.9 Å². The molecule has 94 valence electrons. The van der Waals surface area contributed by atoms with Gasteiger partial charge in [0.2, 0.25) is 0 Å². The number of nitrogens with two attached hydrogens (primary N) is 1. The lowest BCUT2D eigenvalue weighted by Gasteiger charge is -2.23. The van der Waals surface area contributed by atoms with Crippen molar-refractivity contribution in [3.8, 4) is 0 Å². The molecule has 0 saturated carbocycles. The maximum absolute atomic E-state index is 11.6. The quantitative estimate of drug-likeness (QED) is 0.691. The van der Waals surface area contributed by atoms with Gasteiger partial charge in [0.1, 0.15) is 0 Å². The van der Waals surface area contributed by atoms with Crippen molar-refractivity contribution in [1.29, 1.82) is 0 Å². The molecule has 0 aliphatic carbocycles. The van der Waals surface area contributed by atoms with E-state index >= 15 is 0 Å². The van der Waals surface area contributed by atoms with Crippen LogP contribution in [0.25, 0.3) is 0 Å². The third-order valence-electron chi connectivity index (χ3n) is 2.42. The predicted octanol–water partition coefficient (Wildman–Crippen LogP) is -0.109. The summed E-state index contributed by atoms with van der Waals surface area (Å²) in [5.74, 6) is 0.417. The van der Waals surface area contributed by atoms with Crippen molar-refractivity contribution < 1.29 is 14.3 Å². The monoisotopic (exact) mass is 230 g/mol. The second kappa shape index (κ2) is 6.83. The molecule has 2 atom stereocenters. The molecule has 0 radical (unpaired) electrons. The van der Waals surface area contributed by atoms with Gasteiger partial charge >= 0.3 is 0 Å². The van der Waals surface area contributed by atoms with Gasteiger partial charge in [-0.2, -0.15) is 0 Å². The van der Waals surface area contributed by atoms with Crippen LogP contribution >= 0.6 is 0 Å². The first-order valence-electron chi connectivity index (χ1n) is 5.82. The van der Waals surface area contributed by atoms with Gasteiger partial charge in [-0.3, -0.25) is 4.79 Å². The Balaban J connectivity index is 2.18. The fourth-order valence-electron chi connectivity index (χ4n) is 1.67. The van der Waals surface area contributed by atoms with E-state index in [1.165, 1.54) is 0 Å². The molecule has 16 heavy (non-hydrogen) atoms. The largest absolute Gasteiger partial charge is 0.376 e. The molecule has 1 saturated heterocycles. The Labute approximate surface area is 96.7 Å². The number of hydrogen-bond donors (Lipinski definition) is 2. The Morgan fingerprint density at radius 2 is 2.25 bits per heavy atom. The zero-order valence-corrected chi connectivity index (χ0v) is 10.1. The molecule has 1 rings (SSSR count). The van der Waals surface area contributed by atoms with E-state index in [1.54, 1.807) is 0 Å². The summed E-state index contributed by atoms with van der Waals surface area (Å²) in [6, 6.07) is 0.00783. The number of ether oxygens (including phenoxy) is 2. The Hall–Kier alpha value is -0.650. The molecule has 1 aliphatic heterocycles. The first-order chi connectivity index (χ1) is 7.59. The molecule has 1 amide bonds. The molecule has 1 aliphatic rings. The van der Waals surface area contributed by atoms with Crippen molar-refractivity contribution in [2.75, 3.05) is 26.4 Å². The lowest BCUT2D eigenvalue weighted by molar-refractivity contribution is -0.147. The van der Waals surface area contributed by atoms with Crippen LogP contribution in [0.15, 0.2) is 0 Å². The zero-order chi connectivity index (χ0) is 12.0. The Morgan fingerprint density at radius 1 is 1.50 bits per heavy atom. The van der Waals surface area contributed by atoms with E-state index in [0.717, 1.165) is 6.42 Å². The molecule has 0 aromatic rings. The maximum Gasteiger partial charge on any atom is 0.251 e. The summed E-state index contributed by atoms with van der Waals surface area (Å²) in [7, 11) is 0. The lowest BCUT2D eigenvalue weighted by atomic mass is 10.0. The molecule has 1 heterocycles. The van der Waals surface area contributed by atoms with Crippen molar-refractivity contribution in [1.82, 2.24) is 5.32 Å². The van der Waals surface area contributed by atoms with Gasteiger partial charge in [-0.25, -0.2) is 0 Å². The molecular formula is C11H22N2O3. The van der Waals surface area contributed by atoms with E-state index < -0.39 is 6.10 Å². The fraction of sp³-hybridized carbons (Fsp3) is 0.909. The normalized spacial score (nSPS) is 23.1. The number of nitrogens with one attached hydrogen (secondary N) is 1. The molecule has 5 heteroatoms. The molecule has 3 N–H and O–H groups in total. The first-order valence-corrected chi connectivity index (χ1v) is 5.82. The standard InChI is InChI=1S/C11H22N2O3/c1-8(2)5-9(12)6-13-11(14)10-7-15-3-4-16-10/h8-10H,3-7,12H2,1-2H3,(H,13,14). The van der Waals surface area contributed by atoms with Crippen molar-refractivity contribution in [3.05, 3.63) is 0 Å². The Kier molecular flexibility index (Phi) is 5.73. The van der Waals surface area contributed by atoms with Crippen LogP contribution in [0.3, 0.4) is 0 Å². The third kappa shape index (κ3) is 4.92. The van der Waals surface area contributed by atoms with Gasteiger partial charge < -0.3 is 20.5 Å². The van der Waals surface area contributed by atoms with Gasteiger partial charge in [0, 0.05) is 12.6 Å². The molecule has 0 bridgehead atoms. The van der Waals surface area contributed by atoms with Crippen LogP contribution in [0, 0.1) is 5.92 Å². The van der Waals surface area contributed by atoms with Crippen LogP contribution in [0.2, 0.25) is 0 Å². The van der Waals surface area contributed by atoms with E-state index in [0.29, 0.717) is 32.3 Å². The summed E-state index contributed by atoms with van der Waals surface area (Å²) < 4.78 is 10.4. The van der Waals surface area contributed by atoms with E-state index in [1.807, 2.05) is 0 Å². The van der Waals surface area contributed by atoms with Crippen LogP contribution in [-0.4, -0.2) is 44.4 Å². The van der Waals surface area contributed by atoms with E-state index in [2.05, 4.69) is 19.2 Å². The van der Waals surface area contributed by atoms with Gasteiger partial charge in [0.05, 0.1) is 19.8 Å². The SMILES string of the molecule is CC(C)CC(N)CNC(=O)C1COCCO1. The number of hydrogen-bond acceptors (Lipinski definition) is 4. The topological polar surface area (TPSA) is 73.6 Å². The van der Waals surface area contributed by atoms with Crippen LogP contribution in [0.5, 0.6) is 0 Å². The minimum Gasteiger partial charge on any atom is -0.376 e. The Morgan fingerprint density at radius 3 is 2.81 bits per heavy atom. The minimum atomic E-state index is -0.472. The summed E-state index contributed by atoms with van der Waals surface area (Å²) in [5, 5.41) is 2.79. The fourth-order valence-corrected chi connectivity index (χ4v) is 1.67. The summed E-state index contributed by atoms with van der Waals surface area (Å²) in [6.45, 7) is 6.11. The maximum atomic E-state index is 11.6. The molecule has 0 spiro atoms. The molecule has 2 unspecified atom stereocenters. The zero-order valence-electron chi connectivity index (χ0n) is 10.1. The van der Waals surface area contributed by atoms with Gasteiger partial charge in [-0.05, 0) is 12.3 Å². The highest BCUT2D eigenvalue weighted by molar-refractivity contribution is 5.81. The molecule has 0 aromatic carbocycles. The molecule has 1 fully saturated rings. The third-order valence-corrected chi connectivity index (χ3v) is 2.42. The lowest BCUT2D eigenvalue weighted by Crippen LogP contribution is -2.46. The van der Waals surface area contributed by atoms with Crippen LogP contribution < -0.4 is 11.1 Å². The number of carbonyl (C=O) groups is 1. The van der Waals surface area contributed by atoms with E-state index in [4.69, 9.17) is 15.2 Å². The van der Waals surface area contributed by atoms with Crippen molar-refractivity contribution in [2.24, 2.45) is 11.7 Å². The summed E-state index contributed by atoms with van der Waals surface area (Å²) in [6.07, 6.45) is 0.433. The van der Waals surface area contributed by atoms with Crippen LogP contribution in [-0.2, 0) is 14.3 Å². The summed E-state index contributed by atoms with van der Waals surface area (Å²) in [4.78, 5) is 11.6. The second-order valence-corrected chi connectivity index (χ2v) is 4.57. The number of carbonyl (C=O) groups excluding carboxylic acids is 1. The number of rotatable bonds is 5. The van der Waals surface area contributed by atoms with Crippen molar-refractivity contribution in [2.45, 2.75) is 32.4 Å². The summed E-state index contributed by atoms with van der Waals surface area (Å²) in [5.41, 5.74) is 5.87. The van der Waals surface area contributed by atoms with Gasteiger partial charge in [-0.15, -0.1) is 0 Å². The van der Waals surface area contributed by atoms with E-state index in [9.17, 15) is 4.79 Å². The highest BCUT2D eigenvalue weighted by atomic mass is 16.6. The van der Waals surface area contributed by atoms with Crippen molar-refractivity contribution >= 4 is 5.91 Å². The highest BCUT2D eigenvalue weighted by Gasteiger charge is 2.22. The highest BCUT2D eigenvalue weighted by Crippen LogP contribution is 2.03. The summed E-state index contributed by atoms with van der Waals surface area (Å²) >= 11 is 0. The smallest absolute Gasteiger partial charge is 0.251 e. The second-order valence-electron chi connectivity index (χ2n) is 4.57. The van der Waals surface area contributed by atoms with Gasteiger partial charge in [-0.1, -0.05) is 13.8 Å². The van der Waals surface area contributed by atoms with Gasteiger partial charge in [0.25, 0.3) is 5.91 Å². The van der Waals surface area contributed by atoms with Crippen LogP contribution in [0.4, 0.5) is 0 Å². The molecular weight excluding hydrogens is 208 g/mol. The van der Waals surface area contributed by atoms with Gasteiger partial charge in [0.15, 0.2) is 6.10 Å².